The minimum Gasteiger partial charge on any atom is -0.448 e. The second-order valence-corrected chi connectivity index (χ2v) is 8.90. The molecule has 0 saturated heterocycles. The number of hydrogen-bond acceptors (Lipinski definition) is 5. The van der Waals surface area contributed by atoms with Gasteiger partial charge in [-0.15, -0.1) is 0 Å². The zero-order valence-electron chi connectivity index (χ0n) is 16.9. The average molecular weight is 497 g/mol. The summed E-state index contributed by atoms with van der Waals surface area (Å²) in [6.45, 7) is 0. The van der Waals surface area contributed by atoms with Crippen LogP contribution in [0.15, 0.2) is 99.9 Å². The fraction of sp³-hybridized carbons (Fsp3) is 0.0370. The Hall–Kier alpha value is -3.90. The lowest BCUT2D eigenvalue weighted by Crippen LogP contribution is -2.36. The number of fused-ring (bicyclic) bond motifs is 2. The molecule has 0 saturated carbocycles. The standard InChI is InChI=1S/C27H13BrO5/c28-14-11-9-13(10-12-14)19-20-22(29)15-5-1-3-7-17(15)24(31)26(20)33-27-21(19)23(30)16-6-2-4-8-18(16)25(27)32/h1-12,19H. The molecule has 0 atom stereocenters. The van der Waals surface area contributed by atoms with Crippen LogP contribution in [-0.4, -0.2) is 23.1 Å². The lowest BCUT2D eigenvalue weighted by Gasteiger charge is -2.35. The highest BCUT2D eigenvalue weighted by molar-refractivity contribution is 9.10. The van der Waals surface area contributed by atoms with E-state index in [9.17, 15) is 19.2 Å². The summed E-state index contributed by atoms with van der Waals surface area (Å²) in [6, 6.07) is 20.1. The van der Waals surface area contributed by atoms with Crippen LogP contribution >= 0.6 is 15.9 Å². The van der Waals surface area contributed by atoms with Crippen molar-refractivity contribution in [2.75, 3.05) is 0 Å². The van der Waals surface area contributed by atoms with Crippen LogP contribution in [0.25, 0.3) is 0 Å². The van der Waals surface area contributed by atoms with E-state index < -0.39 is 29.1 Å². The summed E-state index contributed by atoms with van der Waals surface area (Å²) in [6.07, 6.45) is 0. The molecule has 1 aliphatic heterocycles. The summed E-state index contributed by atoms with van der Waals surface area (Å²) in [4.78, 5) is 54.0. The Bertz CT molecular complexity index is 1420. The van der Waals surface area contributed by atoms with Gasteiger partial charge in [-0.1, -0.05) is 76.6 Å². The largest absolute Gasteiger partial charge is 0.448 e. The molecule has 0 fully saturated rings. The first kappa shape index (κ1) is 19.8. The van der Waals surface area contributed by atoms with Gasteiger partial charge in [0.15, 0.2) is 23.1 Å². The van der Waals surface area contributed by atoms with Crippen molar-refractivity contribution in [1.29, 1.82) is 0 Å². The summed E-state index contributed by atoms with van der Waals surface area (Å²) in [5, 5.41) is 0. The predicted molar refractivity (Wildman–Crippen MR) is 122 cm³/mol. The van der Waals surface area contributed by atoms with Gasteiger partial charge in [-0.3, -0.25) is 19.2 Å². The van der Waals surface area contributed by atoms with Crippen molar-refractivity contribution >= 4 is 39.1 Å². The average Bonchev–Trinajstić information content (AvgIpc) is 2.85. The van der Waals surface area contributed by atoms with Crippen molar-refractivity contribution in [2.24, 2.45) is 0 Å². The van der Waals surface area contributed by atoms with E-state index in [2.05, 4.69) is 15.9 Å². The maximum Gasteiger partial charge on any atom is 0.229 e. The third-order valence-corrected chi connectivity index (χ3v) is 6.74. The van der Waals surface area contributed by atoms with E-state index in [4.69, 9.17) is 4.74 Å². The molecule has 0 aromatic heterocycles. The molecule has 3 aromatic rings. The molecule has 1 heterocycles. The molecule has 6 rings (SSSR count). The van der Waals surface area contributed by atoms with E-state index >= 15 is 0 Å². The number of benzene rings is 3. The number of Topliss-reactive ketones (excluding diaryl/α,β-unsaturated/α-hetero) is 4. The monoisotopic (exact) mass is 496 g/mol. The van der Waals surface area contributed by atoms with Crippen molar-refractivity contribution in [3.8, 4) is 0 Å². The molecule has 0 radical (unpaired) electrons. The van der Waals surface area contributed by atoms with E-state index in [1.165, 1.54) is 0 Å². The van der Waals surface area contributed by atoms with Crippen LogP contribution in [0.2, 0.25) is 0 Å². The smallest absolute Gasteiger partial charge is 0.229 e. The van der Waals surface area contributed by atoms with Gasteiger partial charge in [0.2, 0.25) is 11.6 Å². The minimum atomic E-state index is -0.911. The molecule has 0 amide bonds. The third kappa shape index (κ3) is 2.71. The van der Waals surface area contributed by atoms with Gasteiger partial charge >= 0.3 is 0 Å². The highest BCUT2D eigenvalue weighted by atomic mass is 79.9. The van der Waals surface area contributed by atoms with Crippen molar-refractivity contribution < 1.29 is 23.9 Å². The van der Waals surface area contributed by atoms with Crippen molar-refractivity contribution in [1.82, 2.24) is 0 Å². The number of allylic oxidation sites excluding steroid dienone is 4. The first-order valence-corrected chi connectivity index (χ1v) is 11.0. The lowest BCUT2D eigenvalue weighted by atomic mass is 9.70. The number of ether oxygens (including phenoxy) is 1. The molecule has 158 valence electrons. The molecule has 2 aliphatic carbocycles. The first-order valence-electron chi connectivity index (χ1n) is 10.3. The molecular weight excluding hydrogens is 484 g/mol. The SMILES string of the molecule is O=C1C2=C(C(=O)c3ccccc31)C(c1ccc(Br)cc1)C1=C(O2)C(=O)c2ccccc2C1=O. The Morgan fingerprint density at radius 1 is 0.545 bits per heavy atom. The molecule has 0 N–H and O–H groups in total. The van der Waals surface area contributed by atoms with Gasteiger partial charge in [0.1, 0.15) is 0 Å². The van der Waals surface area contributed by atoms with Gasteiger partial charge in [-0.2, -0.15) is 0 Å². The summed E-state index contributed by atoms with van der Waals surface area (Å²) < 4.78 is 6.67. The number of carbonyl (C=O) groups excluding carboxylic acids is 4. The van der Waals surface area contributed by atoms with Crippen LogP contribution in [-0.2, 0) is 4.74 Å². The molecule has 0 bridgehead atoms. The summed E-state index contributed by atoms with van der Waals surface area (Å²) in [7, 11) is 0. The number of halogens is 1. The number of hydrogen-bond donors (Lipinski definition) is 0. The van der Waals surface area contributed by atoms with E-state index in [0.717, 1.165) is 4.47 Å². The fourth-order valence-corrected chi connectivity index (χ4v) is 4.97. The number of ketones is 4. The molecule has 0 unspecified atom stereocenters. The van der Waals surface area contributed by atoms with Crippen LogP contribution in [0.3, 0.4) is 0 Å². The molecule has 6 heteroatoms. The van der Waals surface area contributed by atoms with E-state index in [0.29, 0.717) is 5.56 Å². The Morgan fingerprint density at radius 2 is 0.939 bits per heavy atom. The second-order valence-electron chi connectivity index (χ2n) is 7.98. The normalized spacial score (nSPS) is 17.4. The zero-order chi connectivity index (χ0) is 22.9. The second kappa shape index (κ2) is 7.05. The van der Waals surface area contributed by atoms with Crippen molar-refractivity contribution in [2.45, 2.75) is 5.92 Å². The fourth-order valence-electron chi connectivity index (χ4n) is 4.71. The molecule has 3 aromatic carbocycles. The quantitative estimate of drug-likeness (QED) is 0.460. The van der Waals surface area contributed by atoms with Gasteiger partial charge in [0.25, 0.3) is 0 Å². The Kier molecular flexibility index (Phi) is 4.22. The van der Waals surface area contributed by atoms with Crippen molar-refractivity contribution in [3.05, 3.63) is 128 Å². The molecular formula is C27H13BrO5. The molecule has 33 heavy (non-hydrogen) atoms. The zero-order valence-corrected chi connectivity index (χ0v) is 18.5. The Labute approximate surface area is 196 Å². The van der Waals surface area contributed by atoms with E-state index in [1.807, 2.05) is 0 Å². The Morgan fingerprint density at radius 3 is 1.36 bits per heavy atom. The van der Waals surface area contributed by atoms with Gasteiger partial charge in [0, 0.05) is 32.6 Å². The van der Waals surface area contributed by atoms with Crippen LogP contribution in [0.5, 0.6) is 0 Å². The maximum atomic E-state index is 13.6. The van der Waals surface area contributed by atoms with Gasteiger partial charge in [-0.05, 0) is 17.7 Å². The van der Waals surface area contributed by atoms with E-state index in [1.54, 1.807) is 72.8 Å². The number of carbonyl (C=O) groups is 4. The van der Waals surface area contributed by atoms with Gasteiger partial charge < -0.3 is 4.74 Å². The van der Waals surface area contributed by atoms with Crippen molar-refractivity contribution in [3.63, 3.8) is 0 Å². The molecule has 0 spiro atoms. The van der Waals surface area contributed by atoms with Gasteiger partial charge in [0.05, 0.1) is 11.1 Å². The minimum absolute atomic E-state index is 0.0836. The van der Waals surface area contributed by atoms with E-state index in [-0.39, 0.29) is 44.9 Å². The van der Waals surface area contributed by atoms with Crippen LogP contribution in [0.1, 0.15) is 52.9 Å². The van der Waals surface area contributed by atoms with Crippen LogP contribution < -0.4 is 0 Å². The van der Waals surface area contributed by atoms with Gasteiger partial charge in [-0.25, -0.2) is 0 Å². The van der Waals surface area contributed by atoms with Crippen LogP contribution in [0.4, 0.5) is 0 Å². The topological polar surface area (TPSA) is 77.5 Å². The number of rotatable bonds is 1. The molecule has 3 aliphatic rings. The predicted octanol–water partition coefficient (Wildman–Crippen LogP) is 5.23. The summed E-state index contributed by atoms with van der Waals surface area (Å²) in [5.41, 5.74) is 1.73. The maximum absolute atomic E-state index is 13.6. The Balaban J connectivity index is 1.64. The lowest BCUT2D eigenvalue weighted by molar-refractivity contribution is 0.0822. The van der Waals surface area contributed by atoms with Crippen LogP contribution in [0, 0.1) is 0 Å². The first-order chi connectivity index (χ1) is 16.0. The summed E-state index contributed by atoms with van der Waals surface area (Å²) >= 11 is 3.40. The third-order valence-electron chi connectivity index (χ3n) is 6.21. The summed E-state index contributed by atoms with van der Waals surface area (Å²) in [5.74, 6) is -3.03. The highest BCUT2D eigenvalue weighted by Crippen LogP contribution is 2.48. The molecule has 5 nitrogen and oxygen atoms in total. The highest BCUT2D eigenvalue weighted by Gasteiger charge is 2.49.